The molecular weight excluding hydrogens is 391 g/mol. The summed E-state index contributed by atoms with van der Waals surface area (Å²) in [5.74, 6) is 1.03. The van der Waals surface area contributed by atoms with E-state index in [4.69, 9.17) is 0 Å². The molecule has 2 aromatic carbocycles. The van der Waals surface area contributed by atoms with Crippen LogP contribution >= 0.6 is 0 Å². The predicted octanol–water partition coefficient (Wildman–Crippen LogP) is 4.33. The quantitative estimate of drug-likeness (QED) is 0.478. The van der Waals surface area contributed by atoms with Crippen molar-refractivity contribution >= 4 is 5.69 Å². The first-order chi connectivity index (χ1) is 15.2. The first kappa shape index (κ1) is 18.4. The number of aromatic nitrogens is 3. The number of nitrogens with zero attached hydrogens (tertiary/aromatic N) is 4. The highest BCUT2D eigenvalue weighted by atomic mass is 19.1. The average Bonchev–Trinajstić information content (AvgIpc) is 3.52. The van der Waals surface area contributed by atoms with Gasteiger partial charge in [-0.15, -0.1) is 0 Å². The van der Waals surface area contributed by atoms with Crippen LogP contribution in [0.25, 0.3) is 28.3 Å². The second kappa shape index (κ2) is 7.10. The molecule has 0 spiro atoms. The molecule has 0 saturated carbocycles. The van der Waals surface area contributed by atoms with E-state index < -0.39 is 0 Å². The van der Waals surface area contributed by atoms with E-state index >= 15 is 0 Å². The first-order valence-corrected chi connectivity index (χ1v) is 10.7. The lowest BCUT2D eigenvalue weighted by molar-refractivity contribution is 0.238. The highest BCUT2D eigenvalue weighted by Crippen LogP contribution is 2.36. The highest BCUT2D eigenvalue weighted by Gasteiger charge is 2.25. The average molecular weight is 414 g/mol. The Morgan fingerprint density at radius 2 is 1.94 bits per heavy atom. The number of imidazole rings is 1. The van der Waals surface area contributed by atoms with Crippen LogP contribution in [0.5, 0.6) is 0 Å². The summed E-state index contributed by atoms with van der Waals surface area (Å²) in [4.78, 5) is 7.01. The van der Waals surface area contributed by atoms with Gasteiger partial charge in [-0.25, -0.2) is 9.37 Å². The van der Waals surface area contributed by atoms with Gasteiger partial charge in [0, 0.05) is 62.0 Å². The molecule has 0 unspecified atom stereocenters. The number of hydrogen-bond acceptors (Lipinski definition) is 3. The van der Waals surface area contributed by atoms with Crippen LogP contribution in [-0.4, -0.2) is 38.9 Å². The minimum atomic E-state index is -0.230. The van der Waals surface area contributed by atoms with Gasteiger partial charge in [-0.05, 0) is 53.9 Å². The Kier molecular flexibility index (Phi) is 4.21. The summed E-state index contributed by atoms with van der Waals surface area (Å²) in [6.07, 6.45) is 6.99. The summed E-state index contributed by atoms with van der Waals surface area (Å²) >= 11 is 0. The van der Waals surface area contributed by atoms with E-state index in [0.717, 1.165) is 54.4 Å². The van der Waals surface area contributed by atoms with Gasteiger partial charge in [-0.3, -0.25) is 4.57 Å². The molecule has 0 bridgehead atoms. The third-order valence-electron chi connectivity index (χ3n) is 6.52. The molecule has 4 heterocycles. The monoisotopic (exact) mass is 414 g/mol. The molecule has 5 nitrogen and oxygen atoms in total. The molecule has 6 heteroatoms. The first-order valence-electron chi connectivity index (χ1n) is 10.7. The normalized spacial score (nSPS) is 17.2. The van der Waals surface area contributed by atoms with Crippen LogP contribution in [0.3, 0.4) is 0 Å². The van der Waals surface area contributed by atoms with E-state index in [1.807, 2.05) is 24.5 Å². The van der Waals surface area contributed by atoms with Crippen molar-refractivity contribution in [1.29, 1.82) is 0 Å². The summed E-state index contributed by atoms with van der Waals surface area (Å²) < 4.78 is 17.8. The van der Waals surface area contributed by atoms with Crippen molar-refractivity contribution in [3.05, 3.63) is 78.5 Å². The maximum Gasteiger partial charge on any atom is 0.161 e. The fraction of sp³-hybridized carbons (Fsp3) is 0.240. The molecule has 6 rings (SSSR count). The van der Waals surface area contributed by atoms with Gasteiger partial charge in [0.25, 0.3) is 0 Å². The van der Waals surface area contributed by atoms with E-state index in [1.54, 1.807) is 0 Å². The van der Waals surface area contributed by atoms with Gasteiger partial charge in [0.1, 0.15) is 5.82 Å². The van der Waals surface area contributed by atoms with Crippen LogP contribution in [-0.2, 0) is 6.54 Å². The lowest BCUT2D eigenvalue weighted by Gasteiger charge is -2.21. The van der Waals surface area contributed by atoms with Crippen molar-refractivity contribution in [3.8, 4) is 28.3 Å². The van der Waals surface area contributed by atoms with Crippen molar-refractivity contribution in [2.45, 2.75) is 13.0 Å². The summed E-state index contributed by atoms with van der Waals surface area (Å²) in [5, 5.41) is 9.51. The van der Waals surface area contributed by atoms with Crippen LogP contribution in [0.4, 0.5) is 10.1 Å². The zero-order valence-electron chi connectivity index (χ0n) is 17.1. The molecule has 1 atom stereocenters. The van der Waals surface area contributed by atoms with Crippen LogP contribution in [0.15, 0.2) is 67.1 Å². The van der Waals surface area contributed by atoms with E-state index in [2.05, 4.69) is 49.5 Å². The smallest absolute Gasteiger partial charge is 0.161 e. The summed E-state index contributed by atoms with van der Waals surface area (Å²) in [7, 11) is 0. The fourth-order valence-corrected chi connectivity index (χ4v) is 4.85. The second-order valence-corrected chi connectivity index (χ2v) is 8.47. The van der Waals surface area contributed by atoms with Gasteiger partial charge in [-0.2, -0.15) is 0 Å². The minimum absolute atomic E-state index is 0.230. The van der Waals surface area contributed by atoms with Gasteiger partial charge in [0.2, 0.25) is 0 Å². The van der Waals surface area contributed by atoms with Crippen molar-refractivity contribution in [3.63, 3.8) is 0 Å². The number of aliphatic hydroxyl groups excluding tert-OH is 1. The maximum atomic E-state index is 13.4. The molecule has 0 amide bonds. The van der Waals surface area contributed by atoms with Gasteiger partial charge in [-0.1, -0.05) is 12.1 Å². The Morgan fingerprint density at radius 1 is 1.06 bits per heavy atom. The molecule has 0 aliphatic carbocycles. The molecule has 4 aromatic rings. The van der Waals surface area contributed by atoms with Gasteiger partial charge < -0.3 is 14.6 Å². The zero-order valence-corrected chi connectivity index (χ0v) is 17.1. The predicted molar refractivity (Wildman–Crippen MR) is 119 cm³/mol. The summed E-state index contributed by atoms with van der Waals surface area (Å²) in [5.41, 5.74) is 6.65. The van der Waals surface area contributed by atoms with Crippen molar-refractivity contribution in [2.24, 2.45) is 5.92 Å². The lowest BCUT2D eigenvalue weighted by atomic mass is 10.1. The Labute approximate surface area is 180 Å². The Bertz CT molecular complexity index is 1260. The minimum Gasteiger partial charge on any atom is -0.396 e. The lowest BCUT2D eigenvalue weighted by Crippen LogP contribution is -2.21. The molecule has 1 N–H and O–H groups in total. The molecule has 1 saturated heterocycles. The third-order valence-corrected chi connectivity index (χ3v) is 6.52. The number of hydrogen-bond donors (Lipinski definition) is 1. The number of aliphatic hydroxyl groups is 1. The van der Waals surface area contributed by atoms with E-state index in [1.165, 1.54) is 23.4 Å². The number of anilines is 1. The fourth-order valence-electron chi connectivity index (χ4n) is 4.85. The number of rotatable bonds is 3. The molecule has 2 aliphatic rings. The molecule has 31 heavy (non-hydrogen) atoms. The number of fused-ring (bicyclic) bond motifs is 5. The van der Waals surface area contributed by atoms with E-state index in [9.17, 15) is 9.50 Å². The van der Waals surface area contributed by atoms with Crippen molar-refractivity contribution < 1.29 is 9.50 Å². The third kappa shape index (κ3) is 3.06. The van der Waals surface area contributed by atoms with Gasteiger partial charge in [0.15, 0.2) is 5.82 Å². The highest BCUT2D eigenvalue weighted by molar-refractivity contribution is 5.72. The Balaban J connectivity index is 1.43. The zero-order chi connectivity index (χ0) is 20.9. The number of halogens is 1. The Hall–Kier alpha value is -3.38. The summed E-state index contributed by atoms with van der Waals surface area (Å²) in [6.45, 7) is 2.86. The Morgan fingerprint density at radius 3 is 2.74 bits per heavy atom. The van der Waals surface area contributed by atoms with Crippen molar-refractivity contribution in [2.75, 3.05) is 24.6 Å². The van der Waals surface area contributed by atoms with Crippen LogP contribution in [0.2, 0.25) is 0 Å². The van der Waals surface area contributed by atoms with Crippen LogP contribution < -0.4 is 4.90 Å². The van der Waals surface area contributed by atoms with E-state index in [-0.39, 0.29) is 12.4 Å². The van der Waals surface area contributed by atoms with Crippen molar-refractivity contribution in [1.82, 2.24) is 14.1 Å². The molecule has 156 valence electrons. The molecule has 0 radical (unpaired) electrons. The largest absolute Gasteiger partial charge is 0.396 e. The molecule has 2 aliphatic heterocycles. The number of benzene rings is 2. The standard InChI is InChI=1S/C25H23FN4O/c26-21-3-1-18(2-4-21)19-12-24-25-27-8-10-30(25)23-6-5-22(11-20(23)15-29(24)14-19)28-9-7-17(13-28)16-31/h1-6,8,10-12,14,17,31H,7,9,13,15-16H2/t17-/m1/s1. The molecule has 2 aromatic heterocycles. The molecular formula is C25H23FN4O. The van der Waals surface area contributed by atoms with Gasteiger partial charge >= 0.3 is 0 Å². The van der Waals surface area contributed by atoms with Crippen LogP contribution in [0, 0.1) is 11.7 Å². The second-order valence-electron chi connectivity index (χ2n) is 8.47. The van der Waals surface area contributed by atoms with Crippen LogP contribution in [0.1, 0.15) is 12.0 Å². The van der Waals surface area contributed by atoms with E-state index in [0.29, 0.717) is 5.92 Å². The van der Waals surface area contributed by atoms with Gasteiger partial charge in [0.05, 0.1) is 11.4 Å². The molecule has 1 fully saturated rings. The summed E-state index contributed by atoms with van der Waals surface area (Å²) in [6, 6.07) is 15.4. The maximum absolute atomic E-state index is 13.4. The topological polar surface area (TPSA) is 46.2 Å². The SMILES string of the molecule is OC[C@@H]1CCN(c2ccc3c(c2)Cn2cc(-c4ccc(F)cc4)cc2-c2nccn2-3)C1.